The highest BCUT2D eigenvalue weighted by Gasteiger charge is 2.59. The van der Waals surface area contributed by atoms with Gasteiger partial charge in [-0.3, -0.25) is 9.59 Å². The predicted octanol–water partition coefficient (Wildman–Crippen LogP) is 1.93. The van der Waals surface area contributed by atoms with Crippen LogP contribution in [0.4, 0.5) is 0 Å². The maximum atomic E-state index is 12.4. The highest BCUT2D eigenvalue weighted by atomic mass is 16.2. The van der Waals surface area contributed by atoms with E-state index in [-0.39, 0.29) is 23.4 Å². The molecule has 7 atom stereocenters. The summed E-state index contributed by atoms with van der Waals surface area (Å²) in [7, 11) is 0. The van der Waals surface area contributed by atoms with E-state index < -0.39 is 0 Å². The summed E-state index contributed by atoms with van der Waals surface area (Å²) in [5, 5.41) is 0. The molecule has 0 amide bonds. The molecule has 4 aliphatic rings. The topological polar surface area (TPSA) is 60.2 Å². The second-order valence-corrected chi connectivity index (χ2v) is 7.36. The van der Waals surface area contributed by atoms with Crippen molar-refractivity contribution in [3.63, 3.8) is 0 Å². The van der Waals surface area contributed by atoms with Crippen LogP contribution in [-0.2, 0) is 9.59 Å². The summed E-state index contributed by atoms with van der Waals surface area (Å²) >= 11 is 0. The third kappa shape index (κ3) is 1.60. The van der Waals surface area contributed by atoms with Crippen molar-refractivity contribution < 1.29 is 9.59 Å². The van der Waals surface area contributed by atoms with Gasteiger partial charge in [0.15, 0.2) is 0 Å². The second-order valence-electron chi connectivity index (χ2n) is 7.36. The van der Waals surface area contributed by atoms with Gasteiger partial charge in [-0.15, -0.1) is 0 Å². The summed E-state index contributed by atoms with van der Waals surface area (Å²) in [5.74, 6) is 2.27. The van der Waals surface area contributed by atoms with Crippen molar-refractivity contribution in [3.8, 4) is 0 Å². The zero-order chi connectivity index (χ0) is 13.1. The summed E-state index contributed by atoms with van der Waals surface area (Å²) < 4.78 is 0. The number of Topliss-reactive ketones (excluding diaryl/α,β-unsaturated/α-hetero) is 2. The third-order valence-corrected chi connectivity index (χ3v) is 6.54. The summed E-state index contributed by atoms with van der Waals surface area (Å²) in [5.41, 5.74) is 6.12. The highest BCUT2D eigenvalue weighted by Crippen LogP contribution is 2.58. The molecule has 3 nitrogen and oxygen atoms in total. The summed E-state index contributed by atoms with van der Waals surface area (Å²) in [6.07, 6.45) is 7.77. The fourth-order valence-electron chi connectivity index (χ4n) is 5.90. The van der Waals surface area contributed by atoms with Gasteiger partial charge in [0.25, 0.3) is 0 Å². The first kappa shape index (κ1) is 12.1. The Morgan fingerprint density at radius 1 is 0.895 bits per heavy atom. The normalized spacial score (nSPS) is 52.8. The van der Waals surface area contributed by atoms with Crippen LogP contribution < -0.4 is 5.73 Å². The molecular weight excluding hydrogens is 238 g/mol. The van der Waals surface area contributed by atoms with Crippen LogP contribution in [0, 0.1) is 35.5 Å². The molecule has 104 valence electrons. The Morgan fingerprint density at radius 3 is 2.58 bits per heavy atom. The van der Waals surface area contributed by atoms with E-state index in [0.29, 0.717) is 29.7 Å². The minimum atomic E-state index is -0.0183. The van der Waals surface area contributed by atoms with Crippen molar-refractivity contribution in [2.45, 2.75) is 51.0 Å². The number of carbonyl (C=O) groups excluding carboxylic acids is 2. The number of rotatable bonds is 0. The predicted molar refractivity (Wildman–Crippen MR) is 71.2 cm³/mol. The Morgan fingerprint density at radius 2 is 1.74 bits per heavy atom. The third-order valence-electron chi connectivity index (χ3n) is 6.54. The Labute approximate surface area is 114 Å². The van der Waals surface area contributed by atoms with Crippen molar-refractivity contribution in [1.29, 1.82) is 0 Å². The van der Waals surface area contributed by atoms with Gasteiger partial charge in [-0.2, -0.15) is 0 Å². The summed E-state index contributed by atoms with van der Waals surface area (Å²) in [6, 6.07) is 0.324. The van der Waals surface area contributed by atoms with Gasteiger partial charge in [0.2, 0.25) is 11.6 Å². The van der Waals surface area contributed by atoms with Gasteiger partial charge in [-0.05, 0) is 55.8 Å². The molecule has 0 heterocycles. The summed E-state index contributed by atoms with van der Waals surface area (Å²) in [4.78, 5) is 24.7. The zero-order valence-electron chi connectivity index (χ0n) is 11.4. The molecule has 4 rings (SSSR count). The molecule has 0 aromatic heterocycles. The molecule has 19 heavy (non-hydrogen) atoms. The molecule has 0 aliphatic heterocycles. The van der Waals surface area contributed by atoms with E-state index in [1.165, 1.54) is 12.8 Å². The number of ketones is 2. The lowest BCUT2D eigenvalue weighted by Crippen LogP contribution is -2.47. The molecule has 0 saturated heterocycles. The standard InChI is InChI=1S/C16H23NO2/c17-10-4-5-11-9(7-10)6-8-2-1-3-12-13(8)14(11)16(19)15(12)18/h8-14H,1-7,17H2. The lowest BCUT2D eigenvalue weighted by molar-refractivity contribution is -0.138. The second kappa shape index (κ2) is 4.15. The van der Waals surface area contributed by atoms with Crippen LogP contribution in [0.1, 0.15) is 44.9 Å². The van der Waals surface area contributed by atoms with Gasteiger partial charge in [0.05, 0.1) is 0 Å². The van der Waals surface area contributed by atoms with E-state index in [2.05, 4.69) is 0 Å². The van der Waals surface area contributed by atoms with Gasteiger partial charge >= 0.3 is 0 Å². The van der Waals surface area contributed by atoms with Gasteiger partial charge in [0.1, 0.15) is 0 Å². The molecule has 4 saturated carbocycles. The van der Waals surface area contributed by atoms with Gasteiger partial charge < -0.3 is 5.73 Å². The highest BCUT2D eigenvalue weighted by molar-refractivity contribution is 6.41. The van der Waals surface area contributed by atoms with E-state index in [0.717, 1.165) is 32.1 Å². The molecule has 4 fully saturated rings. The van der Waals surface area contributed by atoms with Gasteiger partial charge in [-0.1, -0.05) is 12.8 Å². The first-order valence-electron chi connectivity index (χ1n) is 8.00. The van der Waals surface area contributed by atoms with Crippen molar-refractivity contribution in [1.82, 2.24) is 0 Å². The van der Waals surface area contributed by atoms with Crippen LogP contribution in [0.15, 0.2) is 0 Å². The van der Waals surface area contributed by atoms with Crippen molar-refractivity contribution in [2.24, 2.45) is 41.2 Å². The van der Waals surface area contributed by atoms with Gasteiger partial charge in [-0.25, -0.2) is 0 Å². The number of nitrogens with two attached hydrogens (primary N) is 1. The Kier molecular flexibility index (Phi) is 2.63. The fraction of sp³-hybridized carbons (Fsp3) is 0.875. The Balaban J connectivity index is 1.70. The molecule has 0 aromatic rings. The minimum absolute atomic E-state index is 0.00734. The molecular formula is C16H23NO2. The zero-order valence-corrected chi connectivity index (χ0v) is 11.4. The van der Waals surface area contributed by atoms with E-state index in [1.54, 1.807) is 0 Å². The lowest BCUT2D eigenvalue weighted by Gasteiger charge is -2.50. The Hall–Kier alpha value is -0.700. The molecule has 4 aliphatic carbocycles. The smallest absolute Gasteiger partial charge is 0.202 e. The van der Waals surface area contributed by atoms with Crippen molar-refractivity contribution in [3.05, 3.63) is 0 Å². The minimum Gasteiger partial charge on any atom is -0.328 e. The average Bonchev–Trinajstić information content (AvgIpc) is 2.66. The largest absolute Gasteiger partial charge is 0.328 e. The van der Waals surface area contributed by atoms with E-state index in [9.17, 15) is 9.59 Å². The van der Waals surface area contributed by atoms with E-state index >= 15 is 0 Å². The number of fused-ring (bicyclic) bond motifs is 2. The number of hydrogen-bond acceptors (Lipinski definition) is 3. The number of carbonyl (C=O) groups is 2. The molecule has 0 aromatic carbocycles. The lowest BCUT2D eigenvalue weighted by atomic mass is 9.54. The van der Waals surface area contributed by atoms with Crippen LogP contribution in [0.25, 0.3) is 0 Å². The van der Waals surface area contributed by atoms with Crippen LogP contribution in [0.3, 0.4) is 0 Å². The van der Waals surface area contributed by atoms with Crippen LogP contribution in [0.5, 0.6) is 0 Å². The quantitative estimate of drug-likeness (QED) is 0.678. The average molecular weight is 261 g/mol. The molecule has 2 N–H and O–H groups in total. The van der Waals surface area contributed by atoms with E-state index in [4.69, 9.17) is 5.73 Å². The van der Waals surface area contributed by atoms with E-state index in [1.807, 2.05) is 0 Å². The molecule has 0 spiro atoms. The molecule has 0 radical (unpaired) electrons. The molecule has 3 heteroatoms. The number of hydrogen-bond donors (Lipinski definition) is 1. The van der Waals surface area contributed by atoms with Gasteiger partial charge in [0, 0.05) is 17.9 Å². The van der Waals surface area contributed by atoms with Crippen molar-refractivity contribution >= 4 is 11.6 Å². The van der Waals surface area contributed by atoms with Crippen molar-refractivity contribution in [2.75, 3.05) is 0 Å². The first-order chi connectivity index (χ1) is 9.16. The molecule has 0 bridgehead atoms. The monoisotopic (exact) mass is 261 g/mol. The SMILES string of the molecule is NC1CCC2C(C1)CC1CCCC3C(=O)C(=O)C2C13. The molecule has 7 unspecified atom stereocenters. The van der Waals surface area contributed by atoms with Crippen LogP contribution in [-0.4, -0.2) is 17.6 Å². The van der Waals surface area contributed by atoms with Crippen LogP contribution in [0.2, 0.25) is 0 Å². The Bertz CT molecular complexity index is 432. The summed E-state index contributed by atoms with van der Waals surface area (Å²) in [6.45, 7) is 0. The fourth-order valence-corrected chi connectivity index (χ4v) is 5.90. The first-order valence-corrected chi connectivity index (χ1v) is 8.00. The maximum absolute atomic E-state index is 12.4. The van der Waals surface area contributed by atoms with Crippen LogP contribution >= 0.6 is 0 Å². The maximum Gasteiger partial charge on any atom is 0.202 e.